The van der Waals surface area contributed by atoms with Crippen LogP contribution in [0.1, 0.15) is 30.6 Å². The third-order valence-corrected chi connectivity index (χ3v) is 5.89. The number of nitrogens with one attached hydrogen (secondary N) is 1. The molecule has 1 aromatic heterocycles. The van der Waals surface area contributed by atoms with Gasteiger partial charge in [-0.15, -0.1) is 0 Å². The molecule has 0 aliphatic carbocycles. The van der Waals surface area contributed by atoms with Gasteiger partial charge in [0.2, 0.25) is 11.8 Å². The van der Waals surface area contributed by atoms with Crippen LogP contribution >= 0.6 is 0 Å². The van der Waals surface area contributed by atoms with Crippen LogP contribution in [0.25, 0.3) is 0 Å². The molecule has 2 aliphatic heterocycles. The van der Waals surface area contributed by atoms with E-state index in [2.05, 4.69) is 22.3 Å². The summed E-state index contributed by atoms with van der Waals surface area (Å²) in [5, 5.41) is 6.36. The first kappa shape index (κ1) is 18.4. The van der Waals surface area contributed by atoms with Crippen LogP contribution in [-0.4, -0.2) is 51.4 Å². The van der Waals surface area contributed by atoms with Crippen LogP contribution in [0.15, 0.2) is 47.3 Å². The van der Waals surface area contributed by atoms with Crippen molar-refractivity contribution in [3.05, 3.63) is 64.1 Å². The second-order valence-corrected chi connectivity index (χ2v) is 7.66. The lowest BCUT2D eigenvalue weighted by atomic mass is 9.89. The van der Waals surface area contributed by atoms with E-state index < -0.39 is 0 Å². The Morgan fingerprint density at radius 3 is 2.57 bits per heavy atom. The number of aryl methyl sites for hydroxylation is 1. The van der Waals surface area contributed by atoms with Gasteiger partial charge in [-0.2, -0.15) is 5.10 Å². The Labute approximate surface area is 163 Å². The second-order valence-electron chi connectivity index (χ2n) is 7.66. The number of carbonyl (C=O) groups excluding carboxylic acids is 2. The van der Waals surface area contributed by atoms with Gasteiger partial charge in [0, 0.05) is 57.3 Å². The van der Waals surface area contributed by atoms with E-state index in [4.69, 9.17) is 0 Å². The van der Waals surface area contributed by atoms with Crippen LogP contribution in [0.4, 0.5) is 0 Å². The summed E-state index contributed by atoms with van der Waals surface area (Å²) in [5.74, 6) is 0.763. The molecular weight excluding hydrogens is 356 g/mol. The number of H-pyrrole nitrogens is 1. The second kappa shape index (κ2) is 7.58. The van der Waals surface area contributed by atoms with Gasteiger partial charge in [-0.3, -0.25) is 14.4 Å². The lowest BCUT2D eigenvalue weighted by Gasteiger charge is -2.29. The van der Waals surface area contributed by atoms with Crippen molar-refractivity contribution in [3.8, 4) is 0 Å². The number of rotatable bonds is 4. The van der Waals surface area contributed by atoms with Crippen molar-refractivity contribution >= 4 is 11.8 Å². The zero-order valence-electron chi connectivity index (χ0n) is 15.9. The summed E-state index contributed by atoms with van der Waals surface area (Å²) in [6.45, 7) is 3.68. The number of likely N-dealkylation sites (tertiary alicyclic amines) is 2. The average Bonchev–Trinajstić information content (AvgIpc) is 3.26. The predicted molar refractivity (Wildman–Crippen MR) is 103 cm³/mol. The quantitative estimate of drug-likeness (QED) is 0.868. The summed E-state index contributed by atoms with van der Waals surface area (Å²) in [6, 6.07) is 13.2. The molecule has 4 rings (SSSR count). The molecule has 2 fully saturated rings. The van der Waals surface area contributed by atoms with Gasteiger partial charge < -0.3 is 9.80 Å². The maximum Gasteiger partial charge on any atom is 0.264 e. The van der Waals surface area contributed by atoms with Gasteiger partial charge in [-0.1, -0.05) is 30.3 Å². The first-order chi connectivity index (χ1) is 13.5. The zero-order chi connectivity index (χ0) is 19.7. The Balaban J connectivity index is 1.43. The monoisotopic (exact) mass is 380 g/mol. The lowest BCUT2D eigenvalue weighted by molar-refractivity contribution is -0.131. The number of amides is 2. The molecule has 28 heavy (non-hydrogen) atoms. The molecule has 1 N–H and O–H groups in total. The number of benzene rings is 1. The van der Waals surface area contributed by atoms with Crippen molar-refractivity contribution in [3.63, 3.8) is 0 Å². The van der Waals surface area contributed by atoms with Gasteiger partial charge in [-0.25, -0.2) is 5.10 Å². The molecule has 0 radical (unpaired) electrons. The van der Waals surface area contributed by atoms with E-state index in [9.17, 15) is 14.4 Å². The number of carbonyl (C=O) groups is 2. The SMILES string of the molecule is CC(=O)N1C[C@H]2CN(C(=O)CCc3ccc(=O)[nH]n3)C[C@H]2[C@H]1c1ccccc1. The van der Waals surface area contributed by atoms with E-state index in [0.29, 0.717) is 44.1 Å². The molecule has 2 aromatic rings. The van der Waals surface area contributed by atoms with E-state index in [1.807, 2.05) is 28.0 Å². The van der Waals surface area contributed by atoms with Crippen LogP contribution in [0.2, 0.25) is 0 Å². The van der Waals surface area contributed by atoms with E-state index >= 15 is 0 Å². The standard InChI is InChI=1S/C21H24N4O3/c1-14(26)25-12-16-11-24(13-18(16)21(25)15-5-3-2-4-6-15)20(28)10-8-17-7-9-19(27)23-22-17/h2-7,9,16,18,21H,8,10-13H2,1H3,(H,23,27)/t16-,18-,21-/m1/s1. The Kier molecular flexibility index (Phi) is 4.98. The van der Waals surface area contributed by atoms with Gasteiger partial charge in [0.15, 0.2) is 0 Å². The van der Waals surface area contributed by atoms with Gasteiger partial charge in [-0.05, 0) is 11.6 Å². The molecule has 146 valence electrons. The summed E-state index contributed by atoms with van der Waals surface area (Å²) < 4.78 is 0. The number of hydrogen-bond donors (Lipinski definition) is 1. The molecule has 3 atom stereocenters. The number of hydrogen-bond acceptors (Lipinski definition) is 4. The number of fused-ring (bicyclic) bond motifs is 1. The summed E-state index contributed by atoms with van der Waals surface area (Å²) in [5.41, 5.74) is 1.60. The van der Waals surface area contributed by atoms with Crippen molar-refractivity contribution in [2.45, 2.75) is 25.8 Å². The van der Waals surface area contributed by atoms with Crippen LogP contribution < -0.4 is 5.56 Å². The highest BCUT2D eigenvalue weighted by atomic mass is 16.2. The van der Waals surface area contributed by atoms with Crippen LogP contribution in [-0.2, 0) is 16.0 Å². The molecule has 1 aromatic carbocycles. The minimum absolute atomic E-state index is 0.0300. The highest BCUT2D eigenvalue weighted by molar-refractivity contribution is 5.77. The molecule has 0 saturated carbocycles. The smallest absolute Gasteiger partial charge is 0.264 e. The van der Waals surface area contributed by atoms with Gasteiger partial charge >= 0.3 is 0 Å². The first-order valence-corrected chi connectivity index (χ1v) is 9.67. The zero-order valence-corrected chi connectivity index (χ0v) is 15.9. The Morgan fingerprint density at radius 2 is 1.89 bits per heavy atom. The molecule has 3 heterocycles. The Morgan fingerprint density at radius 1 is 1.11 bits per heavy atom. The lowest BCUT2D eigenvalue weighted by Crippen LogP contribution is -2.36. The van der Waals surface area contributed by atoms with Gasteiger partial charge in [0.25, 0.3) is 5.56 Å². The molecule has 2 aliphatic rings. The summed E-state index contributed by atoms with van der Waals surface area (Å²) in [4.78, 5) is 39.9. The van der Waals surface area contributed by atoms with E-state index in [1.54, 1.807) is 13.0 Å². The normalized spacial score (nSPS) is 23.7. The summed E-state index contributed by atoms with van der Waals surface area (Å²) in [6.07, 6.45) is 0.869. The fourth-order valence-corrected chi connectivity index (χ4v) is 4.56. The average molecular weight is 380 g/mol. The molecule has 7 nitrogen and oxygen atoms in total. The molecule has 0 bridgehead atoms. The molecule has 2 amide bonds. The first-order valence-electron chi connectivity index (χ1n) is 9.67. The minimum atomic E-state index is -0.246. The van der Waals surface area contributed by atoms with Crippen LogP contribution in [0.3, 0.4) is 0 Å². The van der Waals surface area contributed by atoms with Crippen molar-refractivity contribution < 1.29 is 9.59 Å². The topological polar surface area (TPSA) is 86.4 Å². The largest absolute Gasteiger partial charge is 0.342 e. The fraction of sp³-hybridized carbons (Fsp3) is 0.429. The Bertz CT molecular complexity index is 906. The minimum Gasteiger partial charge on any atom is -0.342 e. The number of nitrogens with zero attached hydrogens (tertiary/aromatic N) is 3. The summed E-state index contributed by atoms with van der Waals surface area (Å²) >= 11 is 0. The van der Waals surface area contributed by atoms with E-state index in [1.165, 1.54) is 6.07 Å². The van der Waals surface area contributed by atoms with E-state index in [-0.39, 0.29) is 29.3 Å². The maximum atomic E-state index is 12.7. The maximum absolute atomic E-state index is 12.7. The van der Waals surface area contributed by atoms with Crippen molar-refractivity contribution in [2.24, 2.45) is 11.8 Å². The molecule has 2 saturated heterocycles. The van der Waals surface area contributed by atoms with Crippen LogP contribution in [0, 0.1) is 11.8 Å². The van der Waals surface area contributed by atoms with Gasteiger partial charge in [0.1, 0.15) is 0 Å². The summed E-state index contributed by atoms with van der Waals surface area (Å²) in [7, 11) is 0. The molecule has 0 spiro atoms. The molecule has 7 heteroatoms. The highest BCUT2D eigenvalue weighted by Crippen LogP contribution is 2.45. The fourth-order valence-electron chi connectivity index (χ4n) is 4.56. The molecular formula is C21H24N4O3. The van der Waals surface area contributed by atoms with E-state index in [0.717, 1.165) is 5.56 Å². The van der Waals surface area contributed by atoms with Crippen molar-refractivity contribution in [2.75, 3.05) is 19.6 Å². The van der Waals surface area contributed by atoms with Crippen molar-refractivity contribution in [1.29, 1.82) is 0 Å². The highest BCUT2D eigenvalue weighted by Gasteiger charge is 2.49. The van der Waals surface area contributed by atoms with Crippen LogP contribution in [0.5, 0.6) is 0 Å². The van der Waals surface area contributed by atoms with Gasteiger partial charge in [0.05, 0.1) is 11.7 Å². The number of aromatic nitrogens is 2. The van der Waals surface area contributed by atoms with Crippen molar-refractivity contribution in [1.82, 2.24) is 20.0 Å². The third kappa shape index (κ3) is 3.56. The molecule has 0 unspecified atom stereocenters. The Hall–Kier alpha value is -2.96. The number of aromatic amines is 1. The predicted octanol–water partition coefficient (Wildman–Crippen LogP) is 1.38. The third-order valence-electron chi connectivity index (χ3n) is 5.89.